The van der Waals surface area contributed by atoms with Crippen molar-refractivity contribution >= 4 is 17.8 Å². The molecule has 2 N–H and O–H groups in total. The highest BCUT2D eigenvalue weighted by Crippen LogP contribution is 2.22. The first-order valence-corrected chi connectivity index (χ1v) is 7.26. The average molecular weight is 349 g/mol. The fourth-order valence-corrected chi connectivity index (χ4v) is 1.96. The molecule has 132 valence electrons. The van der Waals surface area contributed by atoms with Crippen LogP contribution < -0.4 is 20.2 Å². The van der Waals surface area contributed by atoms with Crippen molar-refractivity contribution < 1.29 is 23.0 Å². The van der Waals surface area contributed by atoms with E-state index in [-0.39, 0.29) is 12.2 Å². The molecule has 0 heterocycles. The van der Waals surface area contributed by atoms with Crippen molar-refractivity contribution in [1.82, 2.24) is 5.43 Å². The maximum Gasteiger partial charge on any atom is 0.259 e. The highest BCUT2D eigenvalue weighted by molar-refractivity contribution is 5.86. The molecule has 0 aliphatic rings. The summed E-state index contributed by atoms with van der Waals surface area (Å²) in [5.74, 6) is -0.795. The molecule has 0 atom stereocenters. The number of benzene rings is 2. The van der Waals surface area contributed by atoms with E-state index < -0.39 is 17.5 Å². The van der Waals surface area contributed by atoms with Gasteiger partial charge in [0, 0.05) is 11.6 Å². The van der Waals surface area contributed by atoms with Gasteiger partial charge in [0.05, 0.1) is 32.7 Å². The number of hydrogen-bond donors (Lipinski definition) is 2. The number of amides is 1. The van der Waals surface area contributed by atoms with Crippen molar-refractivity contribution in [3.8, 4) is 11.5 Å². The highest BCUT2D eigenvalue weighted by atomic mass is 19.1. The van der Waals surface area contributed by atoms with Gasteiger partial charge in [-0.1, -0.05) is 0 Å². The Hall–Kier alpha value is -3.16. The lowest BCUT2D eigenvalue weighted by Crippen LogP contribution is -2.26. The second-order valence-corrected chi connectivity index (χ2v) is 4.88. The minimum atomic E-state index is -0.780. The van der Waals surface area contributed by atoms with Gasteiger partial charge in [-0.15, -0.1) is 0 Å². The van der Waals surface area contributed by atoms with Crippen molar-refractivity contribution in [1.29, 1.82) is 0 Å². The number of halogens is 2. The van der Waals surface area contributed by atoms with E-state index in [1.807, 2.05) is 0 Å². The van der Waals surface area contributed by atoms with Gasteiger partial charge in [0.15, 0.2) is 0 Å². The zero-order valence-corrected chi connectivity index (χ0v) is 13.7. The van der Waals surface area contributed by atoms with Gasteiger partial charge in [0.1, 0.15) is 23.1 Å². The molecule has 2 aromatic carbocycles. The summed E-state index contributed by atoms with van der Waals surface area (Å²) in [6, 6.07) is 8.17. The molecule has 8 heteroatoms. The van der Waals surface area contributed by atoms with Gasteiger partial charge in [-0.05, 0) is 30.3 Å². The van der Waals surface area contributed by atoms with Crippen LogP contribution in [0.5, 0.6) is 11.5 Å². The molecule has 6 nitrogen and oxygen atoms in total. The Labute approximate surface area is 143 Å². The number of hydrogen-bond acceptors (Lipinski definition) is 5. The molecule has 0 aromatic heterocycles. The molecule has 0 spiro atoms. The molecule has 0 radical (unpaired) electrons. The molecule has 25 heavy (non-hydrogen) atoms. The number of nitrogens with zero attached hydrogens (tertiary/aromatic N) is 1. The van der Waals surface area contributed by atoms with Crippen molar-refractivity contribution in [2.75, 3.05) is 26.1 Å². The normalized spacial score (nSPS) is 10.6. The molecular weight excluding hydrogens is 332 g/mol. The van der Waals surface area contributed by atoms with E-state index in [4.69, 9.17) is 9.47 Å². The smallest absolute Gasteiger partial charge is 0.259 e. The van der Waals surface area contributed by atoms with Crippen LogP contribution >= 0.6 is 0 Å². The lowest BCUT2D eigenvalue weighted by Gasteiger charge is -2.07. The Morgan fingerprint density at radius 3 is 2.64 bits per heavy atom. The third-order valence-electron chi connectivity index (χ3n) is 3.20. The maximum absolute atomic E-state index is 13.4. The number of carbonyl (C=O) groups is 1. The number of methoxy groups -OCH3 is 2. The van der Waals surface area contributed by atoms with Crippen molar-refractivity contribution in [3.63, 3.8) is 0 Å². The number of rotatable bonds is 7. The lowest BCUT2D eigenvalue weighted by molar-refractivity contribution is -0.119. The number of ether oxygens (including phenoxy) is 2. The van der Waals surface area contributed by atoms with Gasteiger partial charge in [-0.25, -0.2) is 14.2 Å². The van der Waals surface area contributed by atoms with Crippen LogP contribution in [-0.4, -0.2) is 32.9 Å². The third-order valence-corrected chi connectivity index (χ3v) is 3.20. The summed E-state index contributed by atoms with van der Waals surface area (Å²) in [5.41, 5.74) is 2.93. The molecular formula is C17H17F2N3O3. The van der Waals surface area contributed by atoms with E-state index in [2.05, 4.69) is 15.8 Å². The third kappa shape index (κ3) is 5.17. The second kappa shape index (κ2) is 8.62. The topological polar surface area (TPSA) is 72.0 Å². The molecule has 0 fully saturated rings. The SMILES string of the molecule is COc1ccc(OC)c(C=NNC(=O)CNc2ccc(F)cc2F)c1. The van der Waals surface area contributed by atoms with E-state index in [9.17, 15) is 13.6 Å². The van der Waals surface area contributed by atoms with Crippen LogP contribution in [0.3, 0.4) is 0 Å². The highest BCUT2D eigenvalue weighted by Gasteiger charge is 2.06. The number of carbonyl (C=O) groups excluding carboxylic acids is 1. The first kappa shape index (κ1) is 18.2. The Balaban J connectivity index is 1.92. The predicted octanol–water partition coefficient (Wildman–Crippen LogP) is 2.54. The monoisotopic (exact) mass is 349 g/mol. The quantitative estimate of drug-likeness (QED) is 0.595. The Morgan fingerprint density at radius 1 is 1.16 bits per heavy atom. The summed E-state index contributed by atoms with van der Waals surface area (Å²) in [5, 5.41) is 6.38. The molecule has 0 aliphatic heterocycles. The zero-order valence-electron chi connectivity index (χ0n) is 13.7. The van der Waals surface area contributed by atoms with Crippen LogP contribution in [-0.2, 0) is 4.79 Å². The molecule has 2 rings (SSSR count). The minimum Gasteiger partial charge on any atom is -0.497 e. The maximum atomic E-state index is 13.4. The van der Waals surface area contributed by atoms with Gasteiger partial charge in [0.25, 0.3) is 5.91 Å². The Morgan fingerprint density at radius 2 is 1.96 bits per heavy atom. The molecule has 0 unspecified atom stereocenters. The first-order valence-electron chi connectivity index (χ1n) is 7.26. The van der Waals surface area contributed by atoms with Gasteiger partial charge < -0.3 is 14.8 Å². The fourth-order valence-electron chi connectivity index (χ4n) is 1.96. The van der Waals surface area contributed by atoms with E-state index in [0.29, 0.717) is 17.1 Å². The number of nitrogens with one attached hydrogen (secondary N) is 2. The van der Waals surface area contributed by atoms with E-state index >= 15 is 0 Å². The van der Waals surface area contributed by atoms with Crippen LogP contribution in [0.2, 0.25) is 0 Å². The van der Waals surface area contributed by atoms with Crippen LogP contribution in [0.4, 0.5) is 14.5 Å². The second-order valence-electron chi connectivity index (χ2n) is 4.88. The summed E-state index contributed by atoms with van der Waals surface area (Å²) >= 11 is 0. The van der Waals surface area contributed by atoms with Crippen LogP contribution in [0.1, 0.15) is 5.56 Å². The van der Waals surface area contributed by atoms with Gasteiger partial charge in [0.2, 0.25) is 0 Å². The lowest BCUT2D eigenvalue weighted by atomic mass is 10.2. The average Bonchev–Trinajstić information content (AvgIpc) is 2.60. The van der Waals surface area contributed by atoms with Gasteiger partial charge in [-0.2, -0.15) is 5.10 Å². The zero-order chi connectivity index (χ0) is 18.2. The number of anilines is 1. The summed E-state index contributed by atoms with van der Waals surface area (Å²) in [6.07, 6.45) is 1.40. The Bertz CT molecular complexity index is 782. The van der Waals surface area contributed by atoms with Crippen molar-refractivity contribution in [2.24, 2.45) is 5.10 Å². The van der Waals surface area contributed by atoms with E-state index in [1.165, 1.54) is 26.5 Å². The van der Waals surface area contributed by atoms with Crippen LogP contribution in [0.15, 0.2) is 41.5 Å². The van der Waals surface area contributed by atoms with Crippen LogP contribution in [0, 0.1) is 11.6 Å². The summed E-state index contributed by atoms with van der Waals surface area (Å²) in [6.45, 7) is -0.227. The van der Waals surface area contributed by atoms with Crippen LogP contribution in [0.25, 0.3) is 0 Å². The molecule has 0 aliphatic carbocycles. The molecule has 0 bridgehead atoms. The van der Waals surface area contributed by atoms with Gasteiger partial charge in [-0.3, -0.25) is 4.79 Å². The fraction of sp³-hybridized carbons (Fsp3) is 0.176. The first-order chi connectivity index (χ1) is 12.0. The standard InChI is InChI=1S/C17H17F2N3O3/c1-24-13-4-6-16(25-2)11(7-13)9-21-22-17(23)10-20-15-5-3-12(18)8-14(15)19/h3-9,20H,10H2,1-2H3,(H,22,23). The Kier molecular flexibility index (Phi) is 6.27. The molecule has 1 amide bonds. The summed E-state index contributed by atoms with van der Waals surface area (Å²) in [4.78, 5) is 11.7. The van der Waals surface area contributed by atoms with E-state index in [0.717, 1.165) is 12.1 Å². The number of hydrazone groups is 1. The molecule has 2 aromatic rings. The predicted molar refractivity (Wildman–Crippen MR) is 90.1 cm³/mol. The van der Waals surface area contributed by atoms with E-state index in [1.54, 1.807) is 18.2 Å². The van der Waals surface area contributed by atoms with Crippen molar-refractivity contribution in [2.45, 2.75) is 0 Å². The summed E-state index contributed by atoms with van der Waals surface area (Å²) in [7, 11) is 3.05. The van der Waals surface area contributed by atoms with Crippen molar-refractivity contribution in [3.05, 3.63) is 53.6 Å². The molecule has 0 saturated carbocycles. The minimum absolute atomic E-state index is 0.0231. The molecule has 0 saturated heterocycles. The van der Waals surface area contributed by atoms with Gasteiger partial charge >= 0.3 is 0 Å². The summed E-state index contributed by atoms with van der Waals surface area (Å²) < 4.78 is 36.5. The largest absolute Gasteiger partial charge is 0.497 e.